The van der Waals surface area contributed by atoms with Crippen molar-refractivity contribution in [2.45, 2.75) is 73.5 Å². The first-order valence-corrected chi connectivity index (χ1v) is 15.9. The van der Waals surface area contributed by atoms with Gasteiger partial charge in [0.05, 0.1) is 11.9 Å². The van der Waals surface area contributed by atoms with Gasteiger partial charge in [-0.2, -0.15) is 5.10 Å². The number of hydrogen-bond acceptors (Lipinski definition) is 7. The lowest BCUT2D eigenvalue weighted by Gasteiger charge is -2.27. The van der Waals surface area contributed by atoms with Crippen LogP contribution in [0.3, 0.4) is 0 Å². The number of carbonyl (C=O) groups is 2. The molecule has 1 unspecified atom stereocenters. The number of aromatic nitrogens is 4. The Balaban J connectivity index is 0.000000534. The van der Waals surface area contributed by atoms with Crippen LogP contribution in [0, 0.1) is 25.6 Å². The van der Waals surface area contributed by atoms with E-state index in [1.54, 1.807) is 30.5 Å². The van der Waals surface area contributed by atoms with E-state index in [2.05, 4.69) is 18.7 Å². The summed E-state index contributed by atoms with van der Waals surface area (Å²) < 4.78 is 19.8. The van der Waals surface area contributed by atoms with E-state index in [0.717, 1.165) is 60.7 Å². The van der Waals surface area contributed by atoms with Crippen LogP contribution in [0.25, 0.3) is 11.2 Å². The number of halogens is 1. The molecule has 2 aromatic heterocycles. The van der Waals surface area contributed by atoms with Gasteiger partial charge in [-0.25, -0.2) is 19.0 Å². The van der Waals surface area contributed by atoms with Crippen LogP contribution in [-0.2, 0) is 9.53 Å². The zero-order valence-corrected chi connectivity index (χ0v) is 27.4. The molecule has 0 aliphatic carbocycles. The largest absolute Gasteiger partial charge is 0.356 e. The summed E-state index contributed by atoms with van der Waals surface area (Å²) in [4.78, 5) is 37.7. The fourth-order valence-corrected chi connectivity index (χ4v) is 5.07. The summed E-state index contributed by atoms with van der Waals surface area (Å²) in [5, 5.41) is 4.69. The monoisotopic (exact) mass is 618 g/mol. The molecule has 0 saturated carbocycles. The van der Waals surface area contributed by atoms with E-state index < -0.39 is 0 Å². The smallest absolute Gasteiger partial charge is 0.260 e. The van der Waals surface area contributed by atoms with Crippen LogP contribution in [0.15, 0.2) is 60.8 Å². The number of nitrogens with zero attached hydrogens (tertiary/aromatic N) is 6. The Kier molecular flexibility index (Phi) is 14.1. The van der Waals surface area contributed by atoms with Crippen molar-refractivity contribution in [3.8, 4) is 0 Å². The number of hydrogen-bond donors (Lipinski definition) is 0. The van der Waals surface area contributed by atoms with Gasteiger partial charge < -0.3 is 9.64 Å². The molecule has 9 nitrogen and oxygen atoms in total. The van der Waals surface area contributed by atoms with Gasteiger partial charge in [-0.3, -0.25) is 14.5 Å². The standard InChI is InChI=1S/C27H36N6O3.C6H5F.C2H6/c1-19(2)17-31(13-9-14-32(18-34)27(35)22-11-6-5-10-20(22)3)23-16-28-25-21(4)30-33(26(25)29-23)24-12-7-8-15-36-24;7-6-4-2-1-3-5-6;1-2/h5-6,10-11,16,18-19,24H,7-9,12-15,17H2,1-4H3;1-5H;1-2H3. The third kappa shape index (κ3) is 9.91. The molecule has 1 saturated heterocycles. The molecule has 1 aliphatic rings. The minimum absolute atomic E-state index is 0.119. The summed E-state index contributed by atoms with van der Waals surface area (Å²) in [7, 11) is 0. The van der Waals surface area contributed by atoms with Gasteiger partial charge in [-0.1, -0.05) is 64.1 Å². The van der Waals surface area contributed by atoms with E-state index in [0.29, 0.717) is 37.4 Å². The minimum Gasteiger partial charge on any atom is -0.356 e. The van der Waals surface area contributed by atoms with Crippen molar-refractivity contribution in [1.82, 2.24) is 24.6 Å². The molecule has 0 N–H and O–H groups in total. The summed E-state index contributed by atoms with van der Waals surface area (Å²) >= 11 is 0. The van der Waals surface area contributed by atoms with Crippen molar-refractivity contribution in [3.05, 3.63) is 83.4 Å². The highest BCUT2D eigenvalue weighted by molar-refractivity contribution is 6.00. The average Bonchev–Trinajstić information content (AvgIpc) is 3.40. The highest BCUT2D eigenvalue weighted by Crippen LogP contribution is 2.27. The number of anilines is 1. The lowest BCUT2D eigenvalue weighted by Crippen LogP contribution is -2.35. The first-order valence-electron chi connectivity index (χ1n) is 15.9. The van der Waals surface area contributed by atoms with E-state index >= 15 is 0 Å². The first kappa shape index (κ1) is 35.3. The van der Waals surface area contributed by atoms with Crippen LogP contribution in [0.1, 0.15) is 81.2 Å². The number of rotatable bonds is 10. The molecule has 0 radical (unpaired) electrons. The molecule has 1 fully saturated rings. The molecule has 0 spiro atoms. The second-order valence-corrected chi connectivity index (χ2v) is 11.2. The SMILES string of the molecule is CC.Cc1ccccc1C(=O)N(C=O)CCCN(CC(C)C)c1cnc2c(C)nn(C3CCCCO3)c2n1.Fc1ccccc1. The fraction of sp³-hybridized carbons (Fsp3) is 0.457. The van der Waals surface area contributed by atoms with Crippen molar-refractivity contribution >= 4 is 29.3 Å². The summed E-state index contributed by atoms with van der Waals surface area (Å²) in [6.45, 7) is 14.6. The first-order chi connectivity index (χ1) is 21.8. The highest BCUT2D eigenvalue weighted by atomic mass is 19.1. The van der Waals surface area contributed by atoms with E-state index in [9.17, 15) is 14.0 Å². The van der Waals surface area contributed by atoms with Gasteiger partial charge in [0.1, 0.15) is 17.2 Å². The molecule has 0 bridgehead atoms. The minimum atomic E-state index is -0.272. The van der Waals surface area contributed by atoms with Gasteiger partial charge in [0.25, 0.3) is 5.91 Å². The molecular formula is C35H47FN6O3. The molecule has 2 amide bonds. The predicted octanol–water partition coefficient (Wildman–Crippen LogP) is 7.15. The summed E-state index contributed by atoms with van der Waals surface area (Å²) in [5.74, 6) is 0.705. The third-order valence-electron chi connectivity index (χ3n) is 7.22. The Morgan fingerprint density at radius 2 is 1.78 bits per heavy atom. The zero-order valence-electron chi connectivity index (χ0n) is 27.4. The number of amides is 2. The van der Waals surface area contributed by atoms with Crippen LogP contribution >= 0.6 is 0 Å². The molecule has 1 atom stereocenters. The van der Waals surface area contributed by atoms with Gasteiger partial charge in [0, 0.05) is 31.8 Å². The van der Waals surface area contributed by atoms with Gasteiger partial charge in [0.15, 0.2) is 11.9 Å². The second kappa shape index (κ2) is 17.9. The zero-order chi connectivity index (χ0) is 32.8. The number of carbonyl (C=O) groups excluding carboxylic acids is 2. The maximum atomic E-state index is 12.9. The normalized spacial score (nSPS) is 14.2. The lowest BCUT2D eigenvalue weighted by atomic mass is 10.1. The Labute approximate surface area is 266 Å². The lowest BCUT2D eigenvalue weighted by molar-refractivity contribution is -0.116. The van der Waals surface area contributed by atoms with Crippen molar-refractivity contribution in [1.29, 1.82) is 0 Å². The van der Waals surface area contributed by atoms with Crippen molar-refractivity contribution in [2.75, 3.05) is 31.1 Å². The van der Waals surface area contributed by atoms with Gasteiger partial charge in [-0.15, -0.1) is 0 Å². The number of imide groups is 1. The molecule has 5 rings (SSSR count). The third-order valence-corrected chi connectivity index (χ3v) is 7.22. The topological polar surface area (TPSA) is 93.5 Å². The van der Waals surface area contributed by atoms with Crippen LogP contribution in [0.2, 0.25) is 0 Å². The molecule has 45 heavy (non-hydrogen) atoms. The molecule has 3 heterocycles. The maximum Gasteiger partial charge on any atom is 0.260 e. The molecule has 2 aromatic carbocycles. The Morgan fingerprint density at radius 3 is 2.38 bits per heavy atom. The van der Waals surface area contributed by atoms with Crippen LogP contribution in [0.4, 0.5) is 10.2 Å². The number of fused-ring (bicyclic) bond motifs is 1. The van der Waals surface area contributed by atoms with E-state index in [-0.39, 0.29) is 18.0 Å². The van der Waals surface area contributed by atoms with Crippen molar-refractivity contribution in [3.63, 3.8) is 0 Å². The molecule has 1 aliphatic heterocycles. The summed E-state index contributed by atoms with van der Waals surface area (Å²) in [6, 6.07) is 15.3. The van der Waals surface area contributed by atoms with Crippen LogP contribution in [-0.4, -0.2) is 63.2 Å². The van der Waals surface area contributed by atoms with Crippen LogP contribution in [0.5, 0.6) is 0 Å². The Hall–Kier alpha value is -4.18. The van der Waals surface area contributed by atoms with Crippen LogP contribution < -0.4 is 4.90 Å². The molecule has 242 valence electrons. The van der Waals surface area contributed by atoms with E-state index in [1.807, 2.05) is 50.6 Å². The molecular weight excluding hydrogens is 571 g/mol. The van der Waals surface area contributed by atoms with Crippen molar-refractivity contribution < 1.29 is 18.7 Å². The van der Waals surface area contributed by atoms with Gasteiger partial charge in [-0.05, 0) is 69.2 Å². The van der Waals surface area contributed by atoms with Gasteiger partial charge in [0.2, 0.25) is 6.41 Å². The quantitative estimate of drug-likeness (QED) is 0.174. The average molecular weight is 619 g/mol. The Morgan fingerprint density at radius 1 is 1.07 bits per heavy atom. The Bertz CT molecular complexity index is 1490. The maximum absolute atomic E-state index is 12.9. The number of aryl methyl sites for hydroxylation is 2. The molecule has 10 heteroatoms. The fourth-order valence-electron chi connectivity index (χ4n) is 5.07. The number of benzene rings is 2. The summed E-state index contributed by atoms with van der Waals surface area (Å²) in [5.41, 5.74) is 3.76. The van der Waals surface area contributed by atoms with Crippen molar-refractivity contribution in [2.24, 2.45) is 5.92 Å². The highest BCUT2D eigenvalue weighted by Gasteiger charge is 2.23. The number of ether oxygens (including phenoxy) is 1. The molecule has 4 aromatic rings. The van der Waals surface area contributed by atoms with Gasteiger partial charge >= 0.3 is 0 Å². The predicted molar refractivity (Wildman–Crippen MR) is 177 cm³/mol. The summed E-state index contributed by atoms with van der Waals surface area (Å²) in [6.07, 6.45) is 6.00. The second-order valence-electron chi connectivity index (χ2n) is 11.2. The van der Waals surface area contributed by atoms with E-state index in [1.165, 1.54) is 17.0 Å². The van der Waals surface area contributed by atoms with E-state index in [4.69, 9.17) is 19.8 Å².